The van der Waals surface area contributed by atoms with Crippen LogP contribution in [0.3, 0.4) is 0 Å². The van der Waals surface area contributed by atoms with E-state index < -0.39 is 0 Å². The molecule has 9 heteroatoms. The van der Waals surface area contributed by atoms with E-state index in [1.807, 2.05) is 42.1 Å². The number of hydrazine groups is 1. The van der Waals surface area contributed by atoms with E-state index in [2.05, 4.69) is 43.3 Å². The Bertz CT molecular complexity index is 988. The number of hydrogen-bond acceptors (Lipinski definition) is 8. The molecule has 1 unspecified atom stereocenters. The lowest BCUT2D eigenvalue weighted by Gasteiger charge is -2.29. The fourth-order valence-electron chi connectivity index (χ4n) is 3.38. The summed E-state index contributed by atoms with van der Waals surface area (Å²) in [6, 6.07) is 6.15. The lowest BCUT2D eigenvalue weighted by atomic mass is 10.1. The van der Waals surface area contributed by atoms with Crippen LogP contribution in [-0.4, -0.2) is 56.9 Å². The molecule has 0 radical (unpaired) electrons. The number of rotatable bonds is 4. The van der Waals surface area contributed by atoms with Crippen LogP contribution in [0.1, 0.15) is 5.56 Å². The summed E-state index contributed by atoms with van der Waals surface area (Å²) in [5.41, 5.74) is 7.08. The maximum Gasteiger partial charge on any atom is 0.162 e. The zero-order valence-electron chi connectivity index (χ0n) is 14.6. The van der Waals surface area contributed by atoms with Crippen LogP contribution in [0.5, 0.6) is 0 Å². The standard InChI is InChI=1S/C18H20N8O/c27-6-5-26-10-14(9-21-26)22-17-18-19-3-4-25(18)11-16(23-17)12-1-2-13-8-20-24-15(13)7-12/h1-4,7-8,10-11,18-19,21,27H,5-6,9H2,(H,20,24)(H,22,23). The van der Waals surface area contributed by atoms with Gasteiger partial charge in [0.1, 0.15) is 0 Å². The molecule has 5 rings (SSSR count). The lowest BCUT2D eigenvalue weighted by molar-refractivity contribution is 0.210. The number of aliphatic imine (C=N–C) groups is 1. The highest BCUT2D eigenvalue weighted by molar-refractivity contribution is 5.96. The highest BCUT2D eigenvalue weighted by Gasteiger charge is 2.29. The van der Waals surface area contributed by atoms with E-state index in [1.165, 1.54) is 0 Å². The van der Waals surface area contributed by atoms with Gasteiger partial charge in [-0.2, -0.15) is 5.10 Å². The second-order valence-corrected chi connectivity index (χ2v) is 6.55. The van der Waals surface area contributed by atoms with Crippen molar-refractivity contribution in [1.82, 2.24) is 36.2 Å². The molecule has 4 heterocycles. The molecule has 0 saturated heterocycles. The molecule has 1 aromatic carbocycles. The summed E-state index contributed by atoms with van der Waals surface area (Å²) >= 11 is 0. The van der Waals surface area contributed by atoms with Gasteiger partial charge >= 0.3 is 0 Å². The average Bonchev–Trinajstić information content (AvgIpc) is 3.41. The average molecular weight is 364 g/mol. The normalized spacial score (nSPS) is 21.1. The van der Waals surface area contributed by atoms with E-state index in [1.54, 1.807) is 0 Å². The number of benzene rings is 1. The summed E-state index contributed by atoms with van der Waals surface area (Å²) in [5, 5.41) is 25.9. The maximum atomic E-state index is 9.08. The number of β-amino-alcohol motifs (C(OH)–C–C–N with tert-alkyl or cyclic N) is 1. The van der Waals surface area contributed by atoms with Gasteiger partial charge < -0.3 is 25.6 Å². The van der Waals surface area contributed by atoms with E-state index in [-0.39, 0.29) is 12.8 Å². The highest BCUT2D eigenvalue weighted by Crippen LogP contribution is 2.26. The molecule has 0 aliphatic carbocycles. The number of nitrogens with one attached hydrogen (secondary N) is 4. The Labute approximate surface area is 155 Å². The number of fused-ring (bicyclic) bond motifs is 2. The van der Waals surface area contributed by atoms with E-state index >= 15 is 0 Å². The fraction of sp³-hybridized carbons (Fsp3) is 0.222. The molecule has 138 valence electrons. The summed E-state index contributed by atoms with van der Waals surface area (Å²) in [6.45, 7) is 1.31. The van der Waals surface area contributed by atoms with Crippen LogP contribution in [0.2, 0.25) is 0 Å². The third-order valence-electron chi connectivity index (χ3n) is 4.72. The van der Waals surface area contributed by atoms with Gasteiger partial charge in [-0.15, -0.1) is 0 Å². The van der Waals surface area contributed by atoms with Crippen molar-refractivity contribution in [2.45, 2.75) is 6.17 Å². The first-order valence-electron chi connectivity index (χ1n) is 8.83. The monoisotopic (exact) mass is 364 g/mol. The third kappa shape index (κ3) is 2.92. The van der Waals surface area contributed by atoms with Gasteiger partial charge in [-0.3, -0.25) is 5.10 Å². The van der Waals surface area contributed by atoms with E-state index in [0.29, 0.717) is 13.1 Å². The minimum absolute atomic E-state index is 0.0579. The van der Waals surface area contributed by atoms with Crippen molar-refractivity contribution in [2.75, 3.05) is 19.7 Å². The number of nitrogens with zero attached hydrogens (tertiary/aromatic N) is 4. The topological polar surface area (TPSA) is 104 Å². The summed E-state index contributed by atoms with van der Waals surface area (Å²) in [5.74, 6) is 0.820. The van der Waals surface area contributed by atoms with Crippen molar-refractivity contribution in [3.05, 3.63) is 60.5 Å². The van der Waals surface area contributed by atoms with Gasteiger partial charge in [-0.25, -0.2) is 10.4 Å². The Kier molecular flexibility index (Phi) is 3.80. The van der Waals surface area contributed by atoms with E-state index in [4.69, 9.17) is 10.1 Å². The van der Waals surface area contributed by atoms with Crippen LogP contribution >= 0.6 is 0 Å². The van der Waals surface area contributed by atoms with Crippen LogP contribution in [-0.2, 0) is 0 Å². The maximum absolute atomic E-state index is 9.08. The summed E-state index contributed by atoms with van der Waals surface area (Å²) in [4.78, 5) is 6.97. The van der Waals surface area contributed by atoms with Crippen molar-refractivity contribution in [3.8, 4) is 0 Å². The largest absolute Gasteiger partial charge is 0.394 e. The first-order valence-corrected chi connectivity index (χ1v) is 8.83. The van der Waals surface area contributed by atoms with Crippen LogP contribution in [0.25, 0.3) is 16.6 Å². The first kappa shape index (κ1) is 15.9. The smallest absolute Gasteiger partial charge is 0.162 e. The Morgan fingerprint density at radius 3 is 3.19 bits per heavy atom. The van der Waals surface area contributed by atoms with Gasteiger partial charge in [0.15, 0.2) is 12.0 Å². The Balaban J connectivity index is 1.45. The molecule has 0 spiro atoms. The quantitative estimate of drug-likeness (QED) is 0.529. The predicted octanol–water partition coefficient (Wildman–Crippen LogP) is 0.219. The third-order valence-corrected chi connectivity index (χ3v) is 4.72. The van der Waals surface area contributed by atoms with Gasteiger partial charge in [-0.1, -0.05) is 12.1 Å². The van der Waals surface area contributed by atoms with Crippen molar-refractivity contribution >= 4 is 22.4 Å². The number of aliphatic hydroxyl groups excluding tert-OH is 1. The second kappa shape index (κ2) is 6.45. The first-order chi connectivity index (χ1) is 13.3. The lowest BCUT2D eigenvalue weighted by Crippen LogP contribution is -2.48. The summed E-state index contributed by atoms with van der Waals surface area (Å²) < 4.78 is 0. The van der Waals surface area contributed by atoms with E-state index in [9.17, 15) is 0 Å². The molecule has 3 aliphatic heterocycles. The summed E-state index contributed by atoms with van der Waals surface area (Å²) in [6.07, 6.45) is 9.65. The molecule has 9 nitrogen and oxygen atoms in total. The number of H-pyrrole nitrogens is 1. The Morgan fingerprint density at radius 1 is 1.30 bits per heavy atom. The van der Waals surface area contributed by atoms with Gasteiger partial charge in [0.2, 0.25) is 0 Å². The van der Waals surface area contributed by atoms with E-state index in [0.717, 1.165) is 33.7 Å². The van der Waals surface area contributed by atoms with Crippen LogP contribution < -0.4 is 16.1 Å². The molecule has 0 amide bonds. The van der Waals surface area contributed by atoms with Gasteiger partial charge in [0.05, 0.1) is 37.1 Å². The van der Waals surface area contributed by atoms with Crippen LogP contribution in [0.4, 0.5) is 0 Å². The van der Waals surface area contributed by atoms with Gasteiger partial charge in [0.25, 0.3) is 0 Å². The number of amidine groups is 1. The second-order valence-electron chi connectivity index (χ2n) is 6.55. The Morgan fingerprint density at radius 2 is 2.26 bits per heavy atom. The highest BCUT2D eigenvalue weighted by atomic mass is 16.3. The minimum atomic E-state index is -0.0579. The zero-order valence-corrected chi connectivity index (χ0v) is 14.6. The van der Waals surface area contributed by atoms with Crippen LogP contribution in [0.15, 0.2) is 59.9 Å². The molecule has 2 aromatic rings. The molecule has 1 aromatic heterocycles. The summed E-state index contributed by atoms with van der Waals surface area (Å²) in [7, 11) is 0. The zero-order chi connectivity index (χ0) is 18.2. The van der Waals surface area contributed by atoms with Crippen molar-refractivity contribution < 1.29 is 5.11 Å². The fourth-order valence-corrected chi connectivity index (χ4v) is 3.38. The van der Waals surface area contributed by atoms with Crippen molar-refractivity contribution in [3.63, 3.8) is 0 Å². The predicted molar refractivity (Wildman–Crippen MR) is 102 cm³/mol. The van der Waals surface area contributed by atoms with Gasteiger partial charge in [-0.05, 0) is 6.07 Å². The number of aromatic nitrogens is 2. The molecule has 5 N–H and O–H groups in total. The number of aromatic amines is 1. The molecule has 0 bridgehead atoms. The van der Waals surface area contributed by atoms with Crippen molar-refractivity contribution in [2.24, 2.45) is 4.99 Å². The molecule has 3 aliphatic rings. The molecular weight excluding hydrogens is 344 g/mol. The van der Waals surface area contributed by atoms with Gasteiger partial charge in [0, 0.05) is 41.4 Å². The SMILES string of the molecule is OCCN1C=C(NC2=NC(c3ccc4cn[nH]c4c3)=CN3C=CNC23)CN1. The molecule has 1 atom stereocenters. The minimum Gasteiger partial charge on any atom is -0.394 e. The molecular formula is C18H20N8O. The van der Waals surface area contributed by atoms with Crippen LogP contribution in [0, 0.1) is 0 Å². The molecule has 27 heavy (non-hydrogen) atoms. The molecule has 0 fully saturated rings. The van der Waals surface area contributed by atoms with Crippen molar-refractivity contribution in [1.29, 1.82) is 0 Å². The Hall–Kier alpha value is -3.30. The molecule has 0 saturated carbocycles. The number of aliphatic hydroxyl groups is 1. The number of hydrogen-bond donors (Lipinski definition) is 5.